The van der Waals surface area contributed by atoms with E-state index in [1.807, 2.05) is 30.3 Å². The van der Waals surface area contributed by atoms with Crippen molar-refractivity contribution in [2.45, 2.75) is 6.54 Å². The molecule has 9 heteroatoms. The maximum Gasteiger partial charge on any atom is 0.331 e. The highest BCUT2D eigenvalue weighted by Gasteiger charge is 2.13. The van der Waals surface area contributed by atoms with Crippen LogP contribution in [-0.4, -0.2) is 29.6 Å². The maximum atomic E-state index is 12.1. The van der Waals surface area contributed by atoms with Crippen LogP contribution in [0.3, 0.4) is 0 Å². The van der Waals surface area contributed by atoms with Gasteiger partial charge in [-0.15, -0.1) is 0 Å². The third-order valence-electron chi connectivity index (χ3n) is 3.97. The van der Waals surface area contributed by atoms with E-state index in [-0.39, 0.29) is 12.1 Å². The lowest BCUT2D eigenvalue weighted by atomic mass is 10.2. The van der Waals surface area contributed by atoms with E-state index in [1.165, 1.54) is 6.21 Å². The number of benzene rings is 2. The van der Waals surface area contributed by atoms with Crippen molar-refractivity contribution in [3.05, 3.63) is 80.5 Å². The summed E-state index contributed by atoms with van der Waals surface area (Å²) >= 11 is 1.10. The van der Waals surface area contributed by atoms with Crippen molar-refractivity contribution >= 4 is 34.7 Å². The molecule has 0 spiro atoms. The second-order valence-corrected chi connectivity index (χ2v) is 6.29. The lowest BCUT2D eigenvalue weighted by Crippen LogP contribution is -2.32. The first-order chi connectivity index (χ1) is 13.1. The Bertz CT molecular complexity index is 1260. The van der Waals surface area contributed by atoms with Crippen LogP contribution in [0.15, 0.2) is 63.1 Å². The van der Waals surface area contributed by atoms with Crippen molar-refractivity contribution in [1.29, 1.82) is 0 Å². The van der Waals surface area contributed by atoms with E-state index < -0.39 is 17.1 Å². The SMILES string of the molecule is O=c1[nH]c(=O)n(Cc2ccccc2)c(O)c1C=Nc1ccc2nsnc2c1. The molecule has 2 heterocycles. The van der Waals surface area contributed by atoms with Crippen molar-refractivity contribution < 1.29 is 5.11 Å². The van der Waals surface area contributed by atoms with Crippen LogP contribution in [0.5, 0.6) is 5.88 Å². The zero-order valence-electron chi connectivity index (χ0n) is 13.9. The fraction of sp³-hybridized carbons (Fsp3) is 0.0556. The minimum atomic E-state index is -0.707. The largest absolute Gasteiger partial charge is 0.494 e. The Morgan fingerprint density at radius 3 is 2.70 bits per heavy atom. The monoisotopic (exact) mass is 379 g/mol. The standard InChI is InChI=1S/C18H13N5O3S/c24-16-13(9-19-12-6-7-14-15(8-12)22-27-21-14)17(25)23(18(26)20-16)10-11-4-2-1-3-5-11/h1-9,25H,10H2,(H,20,24,26). The van der Waals surface area contributed by atoms with Gasteiger partial charge in [-0.2, -0.15) is 8.75 Å². The Kier molecular flexibility index (Phi) is 4.35. The van der Waals surface area contributed by atoms with E-state index in [4.69, 9.17) is 0 Å². The predicted molar refractivity (Wildman–Crippen MR) is 103 cm³/mol. The molecule has 0 saturated heterocycles. The van der Waals surface area contributed by atoms with Gasteiger partial charge < -0.3 is 5.11 Å². The van der Waals surface area contributed by atoms with Crippen LogP contribution in [0.1, 0.15) is 11.1 Å². The molecule has 0 bridgehead atoms. The molecule has 2 aromatic heterocycles. The van der Waals surface area contributed by atoms with Gasteiger partial charge in [0.25, 0.3) is 5.56 Å². The van der Waals surface area contributed by atoms with Crippen molar-refractivity contribution in [1.82, 2.24) is 18.3 Å². The van der Waals surface area contributed by atoms with E-state index in [1.54, 1.807) is 18.2 Å². The van der Waals surface area contributed by atoms with Gasteiger partial charge in [-0.3, -0.25) is 19.3 Å². The number of aromatic nitrogens is 4. The van der Waals surface area contributed by atoms with E-state index >= 15 is 0 Å². The number of aromatic hydroxyl groups is 1. The highest BCUT2D eigenvalue weighted by atomic mass is 32.1. The van der Waals surface area contributed by atoms with Gasteiger partial charge in [-0.1, -0.05) is 30.3 Å². The molecule has 0 saturated carbocycles. The van der Waals surface area contributed by atoms with Gasteiger partial charge in [0, 0.05) is 6.21 Å². The normalized spacial score (nSPS) is 11.4. The first-order valence-corrected chi connectivity index (χ1v) is 8.71. The number of rotatable bonds is 4. The minimum Gasteiger partial charge on any atom is -0.494 e. The number of aromatic amines is 1. The molecular weight excluding hydrogens is 366 g/mol. The van der Waals surface area contributed by atoms with Crippen molar-refractivity contribution in [3.8, 4) is 5.88 Å². The zero-order valence-corrected chi connectivity index (χ0v) is 14.7. The van der Waals surface area contributed by atoms with Gasteiger partial charge in [0.2, 0.25) is 5.88 Å². The number of H-pyrrole nitrogens is 1. The molecule has 0 aliphatic rings. The van der Waals surface area contributed by atoms with Crippen molar-refractivity contribution in [2.24, 2.45) is 4.99 Å². The molecule has 0 amide bonds. The summed E-state index contributed by atoms with van der Waals surface area (Å²) < 4.78 is 9.34. The zero-order chi connectivity index (χ0) is 18.8. The lowest BCUT2D eigenvalue weighted by molar-refractivity contribution is 0.408. The predicted octanol–water partition coefficient (Wildman–Crippen LogP) is 2.05. The first kappa shape index (κ1) is 16.9. The highest BCUT2D eigenvalue weighted by Crippen LogP contribution is 2.20. The average Bonchev–Trinajstić information content (AvgIpc) is 3.13. The highest BCUT2D eigenvalue weighted by molar-refractivity contribution is 7.00. The molecule has 4 rings (SSSR count). The van der Waals surface area contributed by atoms with Gasteiger partial charge in [0.1, 0.15) is 16.6 Å². The lowest BCUT2D eigenvalue weighted by Gasteiger charge is -2.09. The average molecular weight is 379 g/mol. The van der Waals surface area contributed by atoms with Gasteiger partial charge >= 0.3 is 5.69 Å². The summed E-state index contributed by atoms with van der Waals surface area (Å²) in [6.07, 6.45) is 1.23. The van der Waals surface area contributed by atoms with Crippen LogP contribution < -0.4 is 11.2 Å². The first-order valence-electron chi connectivity index (χ1n) is 7.98. The second-order valence-electron chi connectivity index (χ2n) is 5.76. The van der Waals surface area contributed by atoms with Gasteiger partial charge in [0.05, 0.1) is 24.0 Å². The molecular formula is C18H13N5O3S. The molecule has 0 unspecified atom stereocenters. The third kappa shape index (κ3) is 3.40. The van der Waals surface area contributed by atoms with Crippen LogP contribution in [0, 0.1) is 0 Å². The topological polar surface area (TPSA) is 113 Å². The summed E-state index contributed by atoms with van der Waals surface area (Å²) in [5.74, 6) is -0.437. The summed E-state index contributed by atoms with van der Waals surface area (Å²) in [4.78, 5) is 30.6. The molecule has 0 fully saturated rings. The molecule has 4 aromatic rings. The Morgan fingerprint density at radius 2 is 1.89 bits per heavy atom. The van der Waals surface area contributed by atoms with Crippen molar-refractivity contribution in [3.63, 3.8) is 0 Å². The van der Waals surface area contributed by atoms with E-state index in [9.17, 15) is 14.7 Å². The molecule has 0 aliphatic carbocycles. The number of hydrogen-bond acceptors (Lipinski definition) is 7. The smallest absolute Gasteiger partial charge is 0.331 e. The molecule has 134 valence electrons. The molecule has 8 nitrogen and oxygen atoms in total. The number of nitrogens with one attached hydrogen (secondary N) is 1. The summed E-state index contributed by atoms with van der Waals surface area (Å²) in [6.45, 7) is 0.125. The summed E-state index contributed by atoms with van der Waals surface area (Å²) in [5.41, 5.74) is 1.33. The summed E-state index contributed by atoms with van der Waals surface area (Å²) in [7, 11) is 0. The van der Waals surface area contributed by atoms with Crippen LogP contribution in [0.25, 0.3) is 11.0 Å². The second kappa shape index (κ2) is 6.96. The molecule has 0 radical (unpaired) electrons. The van der Waals surface area contributed by atoms with Crippen LogP contribution in [0.4, 0.5) is 5.69 Å². The molecule has 0 aliphatic heterocycles. The number of hydrogen-bond donors (Lipinski definition) is 2. The van der Waals surface area contributed by atoms with E-state index in [0.717, 1.165) is 27.4 Å². The van der Waals surface area contributed by atoms with Gasteiger partial charge in [0.15, 0.2) is 0 Å². The Hall–Kier alpha value is -3.59. The van der Waals surface area contributed by atoms with E-state index in [0.29, 0.717) is 11.2 Å². The summed E-state index contributed by atoms with van der Waals surface area (Å²) in [5, 5.41) is 10.5. The third-order valence-corrected chi connectivity index (χ3v) is 4.53. The van der Waals surface area contributed by atoms with Crippen LogP contribution >= 0.6 is 11.7 Å². The van der Waals surface area contributed by atoms with Gasteiger partial charge in [-0.05, 0) is 23.8 Å². The molecule has 27 heavy (non-hydrogen) atoms. The van der Waals surface area contributed by atoms with E-state index in [2.05, 4.69) is 18.7 Å². The van der Waals surface area contributed by atoms with Crippen LogP contribution in [0.2, 0.25) is 0 Å². The molecule has 2 N–H and O–H groups in total. The number of nitrogens with zero attached hydrogens (tertiary/aromatic N) is 4. The Balaban J connectivity index is 1.72. The fourth-order valence-electron chi connectivity index (χ4n) is 2.59. The minimum absolute atomic E-state index is 0.0953. The maximum absolute atomic E-state index is 12.1. The summed E-state index contributed by atoms with van der Waals surface area (Å²) in [6, 6.07) is 14.4. The number of aliphatic imine (C=N–C) groups is 1. The van der Waals surface area contributed by atoms with Gasteiger partial charge in [-0.25, -0.2) is 4.79 Å². The Morgan fingerprint density at radius 1 is 1.11 bits per heavy atom. The molecule has 2 aromatic carbocycles. The number of fused-ring (bicyclic) bond motifs is 1. The quantitative estimate of drug-likeness (QED) is 0.527. The fourth-order valence-corrected chi connectivity index (χ4v) is 3.11. The van der Waals surface area contributed by atoms with Crippen LogP contribution in [-0.2, 0) is 6.54 Å². The molecule has 0 atom stereocenters. The Labute approximate surface area is 156 Å². The van der Waals surface area contributed by atoms with Crippen molar-refractivity contribution in [2.75, 3.05) is 0 Å².